The van der Waals surface area contributed by atoms with Crippen LogP contribution in [0.3, 0.4) is 0 Å². The van der Waals surface area contributed by atoms with E-state index in [4.69, 9.17) is 0 Å². The zero-order valence-corrected chi connectivity index (χ0v) is 13.2. The lowest BCUT2D eigenvalue weighted by atomic mass is 10.1. The van der Waals surface area contributed by atoms with E-state index in [1.807, 2.05) is 31.1 Å². The van der Waals surface area contributed by atoms with Crippen LogP contribution in [0.1, 0.15) is 18.5 Å². The largest absolute Gasteiger partial charge is 0.336 e. The molecule has 0 radical (unpaired) electrons. The Morgan fingerprint density at radius 2 is 2.36 bits per heavy atom. The molecule has 3 rings (SSSR count). The molecule has 22 heavy (non-hydrogen) atoms. The number of hydrazone groups is 1. The quantitative estimate of drug-likeness (QED) is 0.863. The summed E-state index contributed by atoms with van der Waals surface area (Å²) in [6.07, 6.45) is 6.32. The van der Waals surface area contributed by atoms with Crippen molar-refractivity contribution in [2.75, 3.05) is 33.7 Å². The van der Waals surface area contributed by atoms with Crippen molar-refractivity contribution in [3.8, 4) is 0 Å². The van der Waals surface area contributed by atoms with Gasteiger partial charge in [-0.2, -0.15) is 5.10 Å². The van der Waals surface area contributed by atoms with E-state index in [1.165, 1.54) is 24.1 Å². The second-order valence-corrected chi connectivity index (χ2v) is 6.11. The van der Waals surface area contributed by atoms with Crippen molar-refractivity contribution in [3.63, 3.8) is 0 Å². The molecule has 6 heteroatoms. The van der Waals surface area contributed by atoms with Crippen LogP contribution in [-0.4, -0.2) is 54.9 Å². The Balaban J connectivity index is 1.69. The van der Waals surface area contributed by atoms with Crippen molar-refractivity contribution < 1.29 is 4.79 Å². The van der Waals surface area contributed by atoms with E-state index in [1.54, 1.807) is 10.8 Å². The van der Waals surface area contributed by atoms with Gasteiger partial charge in [-0.05, 0) is 50.7 Å². The molecule has 1 aromatic heterocycles. The molecule has 2 aliphatic rings. The molecule has 1 saturated carbocycles. The number of aromatic nitrogens is 1. The highest BCUT2D eigenvalue weighted by atomic mass is 16.2. The Labute approximate surface area is 130 Å². The zero-order valence-electron chi connectivity index (χ0n) is 13.2. The number of amides is 1. The molecule has 0 saturated heterocycles. The molecule has 0 unspecified atom stereocenters. The summed E-state index contributed by atoms with van der Waals surface area (Å²) in [6, 6.07) is 3.77. The van der Waals surface area contributed by atoms with Gasteiger partial charge in [0.15, 0.2) is 0 Å². The van der Waals surface area contributed by atoms with Gasteiger partial charge in [-0.15, -0.1) is 0 Å². The Morgan fingerprint density at radius 3 is 3.09 bits per heavy atom. The Kier molecular flexibility index (Phi) is 4.29. The molecule has 118 valence electrons. The molecule has 0 bridgehead atoms. The Bertz CT molecular complexity index is 610. The van der Waals surface area contributed by atoms with E-state index in [-0.39, 0.29) is 6.03 Å². The van der Waals surface area contributed by atoms with E-state index < -0.39 is 0 Å². The van der Waals surface area contributed by atoms with Crippen LogP contribution in [0.5, 0.6) is 0 Å². The maximum atomic E-state index is 12.3. The van der Waals surface area contributed by atoms with Gasteiger partial charge in [0.1, 0.15) is 0 Å². The third kappa shape index (κ3) is 3.39. The number of carbonyl (C=O) groups excluding carboxylic acids is 1. The van der Waals surface area contributed by atoms with Crippen LogP contribution in [0.25, 0.3) is 6.08 Å². The summed E-state index contributed by atoms with van der Waals surface area (Å²) in [4.78, 5) is 14.3. The number of carbonyl (C=O) groups is 1. The lowest BCUT2D eigenvalue weighted by Crippen LogP contribution is -2.34. The van der Waals surface area contributed by atoms with Crippen LogP contribution in [-0.2, 0) is 0 Å². The topological polar surface area (TPSA) is 61.7 Å². The van der Waals surface area contributed by atoms with E-state index in [0.717, 1.165) is 18.8 Å². The number of rotatable bonds is 5. The summed E-state index contributed by atoms with van der Waals surface area (Å²) in [7, 11) is 3.98. The van der Waals surface area contributed by atoms with Gasteiger partial charge in [-0.3, -0.25) is 4.57 Å². The minimum absolute atomic E-state index is 0.0884. The molecule has 0 spiro atoms. The Hall–Kier alpha value is -2.08. The van der Waals surface area contributed by atoms with Crippen molar-refractivity contribution in [1.82, 2.24) is 20.2 Å². The highest BCUT2D eigenvalue weighted by Gasteiger charge is 2.32. The van der Waals surface area contributed by atoms with Crippen molar-refractivity contribution in [2.45, 2.75) is 12.8 Å². The number of nitrogens with one attached hydrogen (secondary N) is 2. The molecule has 1 aliphatic carbocycles. The normalized spacial score (nSPS) is 19.4. The van der Waals surface area contributed by atoms with E-state index >= 15 is 0 Å². The molecule has 2 heterocycles. The molecule has 0 atom stereocenters. The summed E-state index contributed by atoms with van der Waals surface area (Å²) < 4.78 is 1.66. The highest BCUT2D eigenvalue weighted by molar-refractivity contribution is 6.08. The average Bonchev–Trinajstić information content (AvgIpc) is 3.04. The Morgan fingerprint density at radius 1 is 1.55 bits per heavy atom. The molecule has 1 aromatic rings. The molecule has 2 N–H and O–H groups in total. The number of hydrogen-bond donors (Lipinski definition) is 2. The summed E-state index contributed by atoms with van der Waals surface area (Å²) in [6.45, 7) is 2.21. The van der Waals surface area contributed by atoms with Crippen LogP contribution in [0, 0.1) is 5.92 Å². The monoisotopic (exact) mass is 301 g/mol. The second kappa shape index (κ2) is 6.36. The molecular formula is C16H23N5O. The SMILES string of the molecule is CN(C)CCNC(=O)n1cccc1/C=C1\CNN=C1C1CC1. The first-order chi connectivity index (χ1) is 10.6. The summed E-state index contributed by atoms with van der Waals surface area (Å²) in [5, 5.41) is 7.32. The minimum atomic E-state index is -0.0884. The zero-order chi connectivity index (χ0) is 15.5. The maximum Gasteiger partial charge on any atom is 0.326 e. The molecule has 1 aliphatic heterocycles. The lowest BCUT2D eigenvalue weighted by Gasteiger charge is -2.12. The fourth-order valence-corrected chi connectivity index (χ4v) is 2.55. The summed E-state index contributed by atoms with van der Waals surface area (Å²) >= 11 is 0. The van der Waals surface area contributed by atoms with Gasteiger partial charge in [0.2, 0.25) is 0 Å². The van der Waals surface area contributed by atoms with Gasteiger partial charge in [0, 0.05) is 25.2 Å². The lowest BCUT2D eigenvalue weighted by molar-refractivity contribution is 0.241. The van der Waals surface area contributed by atoms with E-state index in [9.17, 15) is 4.79 Å². The van der Waals surface area contributed by atoms with Gasteiger partial charge >= 0.3 is 6.03 Å². The maximum absolute atomic E-state index is 12.3. The average molecular weight is 301 g/mol. The van der Waals surface area contributed by atoms with Crippen molar-refractivity contribution in [1.29, 1.82) is 0 Å². The highest BCUT2D eigenvalue weighted by Crippen LogP contribution is 2.34. The summed E-state index contributed by atoms with van der Waals surface area (Å²) in [5.74, 6) is 0.610. The first-order valence-electron chi connectivity index (χ1n) is 7.77. The van der Waals surface area contributed by atoms with Crippen molar-refractivity contribution in [2.24, 2.45) is 11.0 Å². The van der Waals surface area contributed by atoms with Crippen LogP contribution >= 0.6 is 0 Å². The third-order valence-electron chi connectivity index (χ3n) is 3.92. The molecule has 6 nitrogen and oxygen atoms in total. The number of hydrogen-bond acceptors (Lipinski definition) is 4. The van der Waals surface area contributed by atoms with Gasteiger partial charge in [-0.1, -0.05) is 0 Å². The number of likely N-dealkylation sites (N-methyl/N-ethyl adjacent to an activating group) is 1. The van der Waals surface area contributed by atoms with Crippen LogP contribution in [0.15, 0.2) is 29.0 Å². The summed E-state index contributed by atoms with van der Waals surface area (Å²) in [5.41, 5.74) is 6.32. The standard InChI is InChI=1S/C16H23N5O/c1-20(2)9-7-17-16(22)21-8-3-4-14(21)10-13-11-18-19-15(13)12-5-6-12/h3-4,8,10,12,18H,5-7,9,11H2,1-2H3,(H,17,22)/b13-10+. The predicted molar refractivity (Wildman–Crippen MR) is 87.9 cm³/mol. The van der Waals surface area contributed by atoms with Gasteiger partial charge < -0.3 is 15.6 Å². The fourth-order valence-electron chi connectivity index (χ4n) is 2.55. The molecule has 1 fully saturated rings. The van der Waals surface area contributed by atoms with E-state index in [2.05, 4.69) is 21.9 Å². The van der Waals surface area contributed by atoms with Crippen molar-refractivity contribution in [3.05, 3.63) is 29.6 Å². The van der Waals surface area contributed by atoms with Crippen LogP contribution in [0.2, 0.25) is 0 Å². The first-order valence-corrected chi connectivity index (χ1v) is 7.77. The minimum Gasteiger partial charge on any atom is -0.336 e. The first kappa shape index (κ1) is 14.8. The molecular weight excluding hydrogens is 278 g/mol. The molecule has 1 amide bonds. The van der Waals surface area contributed by atoms with E-state index in [0.29, 0.717) is 12.5 Å². The van der Waals surface area contributed by atoms with Gasteiger partial charge in [-0.25, -0.2) is 4.79 Å². The van der Waals surface area contributed by atoms with Gasteiger partial charge in [0.25, 0.3) is 0 Å². The molecule has 0 aromatic carbocycles. The third-order valence-corrected chi connectivity index (χ3v) is 3.92. The fraction of sp³-hybridized carbons (Fsp3) is 0.500. The van der Waals surface area contributed by atoms with Crippen LogP contribution in [0.4, 0.5) is 4.79 Å². The van der Waals surface area contributed by atoms with Crippen LogP contribution < -0.4 is 10.7 Å². The van der Waals surface area contributed by atoms with Crippen molar-refractivity contribution >= 4 is 17.8 Å². The predicted octanol–water partition coefficient (Wildman–Crippen LogP) is 1.36. The second-order valence-electron chi connectivity index (χ2n) is 6.11. The smallest absolute Gasteiger partial charge is 0.326 e. The van der Waals surface area contributed by atoms with Gasteiger partial charge in [0.05, 0.1) is 18.0 Å². The number of nitrogens with zero attached hydrogens (tertiary/aromatic N) is 3.